The maximum atomic E-state index is 12.4. The first-order valence-corrected chi connectivity index (χ1v) is 10.8. The van der Waals surface area contributed by atoms with Crippen LogP contribution in [0.15, 0.2) is 0 Å². The first kappa shape index (κ1) is 20.9. The summed E-state index contributed by atoms with van der Waals surface area (Å²) in [5, 5.41) is 13.9. The first-order chi connectivity index (χ1) is 12.7. The van der Waals surface area contributed by atoms with Crippen molar-refractivity contribution in [2.75, 3.05) is 26.2 Å². The van der Waals surface area contributed by atoms with Gasteiger partial charge >= 0.3 is 6.09 Å². The highest BCUT2D eigenvalue weighted by molar-refractivity contribution is 5.68. The molecule has 1 aliphatic carbocycles. The summed E-state index contributed by atoms with van der Waals surface area (Å²) in [7, 11) is 0. The van der Waals surface area contributed by atoms with E-state index in [9.17, 15) is 9.90 Å². The molecule has 0 spiro atoms. The molecule has 0 aromatic heterocycles. The van der Waals surface area contributed by atoms with Gasteiger partial charge in [-0.05, 0) is 59.8 Å². The summed E-state index contributed by atoms with van der Waals surface area (Å²) in [6.45, 7) is 11.7. The average molecular weight is 382 g/mol. The Morgan fingerprint density at radius 2 is 1.78 bits per heavy atom. The fraction of sp³-hybridized carbons (Fsp3) is 0.952. The van der Waals surface area contributed by atoms with Crippen molar-refractivity contribution < 1.29 is 14.6 Å². The van der Waals surface area contributed by atoms with E-state index in [1.54, 1.807) is 0 Å². The number of aliphatic hydroxyl groups excluding tert-OH is 1. The van der Waals surface area contributed by atoms with Gasteiger partial charge < -0.3 is 20.1 Å². The Bertz CT molecular complexity index is 513. The molecule has 2 saturated heterocycles. The molecule has 0 aromatic carbocycles. The van der Waals surface area contributed by atoms with E-state index in [-0.39, 0.29) is 23.8 Å². The van der Waals surface area contributed by atoms with Gasteiger partial charge in [0.1, 0.15) is 5.60 Å². The maximum absolute atomic E-state index is 12.4. The molecule has 1 saturated carbocycles. The van der Waals surface area contributed by atoms with Crippen molar-refractivity contribution in [2.45, 2.75) is 102 Å². The molecule has 27 heavy (non-hydrogen) atoms. The number of nitrogens with one attached hydrogen (secondary N) is 1. The van der Waals surface area contributed by atoms with Crippen LogP contribution < -0.4 is 5.32 Å². The normalized spacial score (nSPS) is 34.0. The summed E-state index contributed by atoms with van der Waals surface area (Å²) in [4.78, 5) is 16.8. The Labute approximate surface area is 164 Å². The number of hydrogen-bond acceptors (Lipinski definition) is 5. The van der Waals surface area contributed by atoms with Crippen molar-refractivity contribution in [1.29, 1.82) is 0 Å². The molecule has 0 aromatic rings. The van der Waals surface area contributed by atoms with E-state index in [0.717, 1.165) is 64.7 Å². The van der Waals surface area contributed by atoms with E-state index in [0.29, 0.717) is 6.04 Å². The Hall–Kier alpha value is -0.850. The van der Waals surface area contributed by atoms with E-state index >= 15 is 0 Å². The van der Waals surface area contributed by atoms with Gasteiger partial charge in [0, 0.05) is 43.8 Å². The van der Waals surface area contributed by atoms with Crippen molar-refractivity contribution in [3.63, 3.8) is 0 Å². The second-order valence-electron chi connectivity index (χ2n) is 10.0. The maximum Gasteiger partial charge on any atom is 0.410 e. The van der Waals surface area contributed by atoms with Crippen LogP contribution in [0.5, 0.6) is 0 Å². The lowest BCUT2D eigenvalue weighted by Gasteiger charge is -2.44. The number of likely N-dealkylation sites (tertiary alicyclic amines) is 2. The zero-order valence-electron chi connectivity index (χ0n) is 17.7. The number of hydrogen-bond donors (Lipinski definition) is 2. The van der Waals surface area contributed by atoms with Crippen molar-refractivity contribution >= 4 is 6.09 Å². The Morgan fingerprint density at radius 1 is 1.11 bits per heavy atom. The van der Waals surface area contributed by atoms with Gasteiger partial charge in [0.15, 0.2) is 0 Å². The topological polar surface area (TPSA) is 65.0 Å². The lowest BCUT2D eigenvalue weighted by Crippen LogP contribution is -2.56. The molecular weight excluding hydrogens is 342 g/mol. The molecule has 1 unspecified atom stereocenters. The second kappa shape index (κ2) is 8.26. The van der Waals surface area contributed by atoms with Gasteiger partial charge in [0.05, 0.1) is 6.10 Å². The highest BCUT2D eigenvalue weighted by Crippen LogP contribution is 2.31. The third-order valence-electron chi connectivity index (χ3n) is 6.54. The van der Waals surface area contributed by atoms with Crippen LogP contribution in [0.25, 0.3) is 0 Å². The van der Waals surface area contributed by atoms with Crippen LogP contribution in [0.3, 0.4) is 0 Å². The number of piperidine rings is 1. The van der Waals surface area contributed by atoms with Crippen LogP contribution in [0, 0.1) is 0 Å². The molecule has 6 heteroatoms. The van der Waals surface area contributed by atoms with E-state index < -0.39 is 5.60 Å². The van der Waals surface area contributed by atoms with Crippen molar-refractivity contribution in [1.82, 2.24) is 15.1 Å². The van der Waals surface area contributed by atoms with Gasteiger partial charge in [-0.25, -0.2) is 4.79 Å². The van der Waals surface area contributed by atoms with Crippen LogP contribution in [0.2, 0.25) is 0 Å². The van der Waals surface area contributed by atoms with Gasteiger partial charge in [-0.15, -0.1) is 0 Å². The first-order valence-electron chi connectivity index (χ1n) is 10.8. The fourth-order valence-corrected chi connectivity index (χ4v) is 4.88. The van der Waals surface area contributed by atoms with Crippen molar-refractivity contribution in [3.05, 3.63) is 0 Å². The molecule has 1 amide bonds. The number of amides is 1. The highest BCUT2D eigenvalue weighted by Gasteiger charge is 2.43. The molecule has 3 atom stereocenters. The van der Waals surface area contributed by atoms with Crippen LogP contribution in [-0.2, 0) is 4.74 Å². The summed E-state index contributed by atoms with van der Waals surface area (Å²) < 4.78 is 5.55. The van der Waals surface area contributed by atoms with Crippen LogP contribution in [-0.4, -0.2) is 76.5 Å². The van der Waals surface area contributed by atoms with Gasteiger partial charge in [-0.2, -0.15) is 0 Å². The van der Waals surface area contributed by atoms with Gasteiger partial charge in [0.2, 0.25) is 0 Å². The second-order valence-corrected chi connectivity index (χ2v) is 10.0. The zero-order chi connectivity index (χ0) is 19.7. The van der Waals surface area contributed by atoms with Crippen molar-refractivity contribution in [3.8, 4) is 0 Å². The lowest BCUT2D eigenvalue weighted by atomic mass is 9.90. The Kier molecular flexibility index (Phi) is 6.38. The van der Waals surface area contributed by atoms with E-state index in [2.05, 4.69) is 17.1 Å². The smallest absolute Gasteiger partial charge is 0.410 e. The molecular formula is C21H39N3O3. The number of ether oxygens (including phenoxy) is 1. The predicted octanol–water partition coefficient (Wildman–Crippen LogP) is 2.74. The third-order valence-corrected chi connectivity index (χ3v) is 6.54. The molecule has 0 bridgehead atoms. The SMILES string of the molecule is CC(C)(C)OC(=O)N1CCC(C)(N2CCC(N[C@H]3CCCC[C@@H]3O)CC2)C1. The van der Waals surface area contributed by atoms with Gasteiger partial charge in [0.25, 0.3) is 0 Å². The van der Waals surface area contributed by atoms with Crippen LogP contribution >= 0.6 is 0 Å². The summed E-state index contributed by atoms with van der Waals surface area (Å²) in [6.07, 6.45) is 7.30. The van der Waals surface area contributed by atoms with Gasteiger partial charge in [-0.1, -0.05) is 12.8 Å². The van der Waals surface area contributed by atoms with E-state index in [1.807, 2.05) is 25.7 Å². The van der Waals surface area contributed by atoms with Crippen LogP contribution in [0.4, 0.5) is 4.79 Å². The van der Waals surface area contributed by atoms with Crippen LogP contribution in [0.1, 0.15) is 72.6 Å². The Balaban J connectivity index is 1.47. The fourth-order valence-electron chi connectivity index (χ4n) is 4.88. The molecule has 6 nitrogen and oxygen atoms in total. The monoisotopic (exact) mass is 381 g/mol. The number of carbonyl (C=O) groups is 1. The standard InChI is InChI=1S/C21H39N3O3/c1-20(2,3)27-19(26)23-14-11-21(4,15-23)24-12-9-16(10-13-24)22-17-7-5-6-8-18(17)25/h16-18,22,25H,5-15H2,1-4H3/t17-,18-,21?/m0/s1. The summed E-state index contributed by atoms with van der Waals surface area (Å²) in [6, 6.07) is 0.783. The number of aliphatic hydroxyl groups is 1. The number of carbonyl (C=O) groups excluding carboxylic acids is 1. The molecule has 2 heterocycles. The lowest BCUT2D eigenvalue weighted by molar-refractivity contribution is 0.0216. The summed E-state index contributed by atoms with van der Waals surface area (Å²) >= 11 is 0. The highest BCUT2D eigenvalue weighted by atomic mass is 16.6. The molecule has 2 N–H and O–H groups in total. The number of rotatable bonds is 3. The molecule has 0 radical (unpaired) electrons. The quantitative estimate of drug-likeness (QED) is 0.787. The zero-order valence-corrected chi connectivity index (χ0v) is 17.7. The van der Waals surface area contributed by atoms with Crippen molar-refractivity contribution in [2.24, 2.45) is 0 Å². The molecule has 3 rings (SSSR count). The minimum atomic E-state index is -0.441. The molecule has 3 aliphatic rings. The third kappa shape index (κ3) is 5.36. The minimum Gasteiger partial charge on any atom is -0.444 e. The van der Waals surface area contributed by atoms with E-state index in [1.165, 1.54) is 6.42 Å². The van der Waals surface area contributed by atoms with Gasteiger partial charge in [-0.3, -0.25) is 4.90 Å². The van der Waals surface area contributed by atoms with E-state index in [4.69, 9.17) is 4.74 Å². The average Bonchev–Trinajstić information content (AvgIpc) is 3.00. The molecule has 3 fully saturated rings. The number of nitrogens with zero attached hydrogens (tertiary/aromatic N) is 2. The largest absolute Gasteiger partial charge is 0.444 e. The predicted molar refractivity (Wildman–Crippen MR) is 107 cm³/mol. The Morgan fingerprint density at radius 3 is 2.41 bits per heavy atom. The summed E-state index contributed by atoms with van der Waals surface area (Å²) in [5.41, 5.74) is -0.393. The molecule has 2 aliphatic heterocycles. The summed E-state index contributed by atoms with van der Waals surface area (Å²) in [5.74, 6) is 0. The minimum absolute atomic E-state index is 0.0478. The molecule has 156 valence electrons.